The first-order valence-corrected chi connectivity index (χ1v) is 10.00. The Morgan fingerprint density at radius 3 is 2.55 bits per heavy atom. The molecule has 0 unspecified atom stereocenters. The normalized spacial score (nSPS) is 11.1. The number of benzene rings is 2. The number of anilines is 1. The molecule has 1 heterocycles. The van der Waals surface area contributed by atoms with Crippen LogP contribution in [0.2, 0.25) is 0 Å². The number of nitrogens with one attached hydrogen (secondary N) is 2. The highest BCUT2D eigenvalue weighted by molar-refractivity contribution is 7.92. The molecule has 10 heteroatoms. The first kappa shape index (κ1) is 20.4. The molecule has 0 bridgehead atoms. The lowest BCUT2D eigenvalue weighted by atomic mass is 10.0. The third-order valence-electron chi connectivity index (χ3n) is 4.41. The molecule has 2 aromatic carbocycles. The second-order valence-electron chi connectivity index (χ2n) is 6.11. The van der Waals surface area contributed by atoms with Crippen molar-refractivity contribution < 1.29 is 23.2 Å². The number of H-pyrrole nitrogens is 1. The molecule has 1 amide bonds. The van der Waals surface area contributed by atoms with Crippen LogP contribution in [-0.4, -0.2) is 43.7 Å². The number of carbonyl (C=O) groups is 1. The maximum atomic E-state index is 13.2. The van der Waals surface area contributed by atoms with Crippen LogP contribution in [-0.2, 0) is 16.4 Å². The summed E-state index contributed by atoms with van der Waals surface area (Å²) in [6.07, 6.45) is 3.49. The second kappa shape index (κ2) is 8.33. The van der Waals surface area contributed by atoms with E-state index in [-0.39, 0.29) is 22.6 Å². The van der Waals surface area contributed by atoms with E-state index in [1.165, 1.54) is 44.5 Å². The van der Waals surface area contributed by atoms with Gasteiger partial charge in [0.2, 0.25) is 0 Å². The van der Waals surface area contributed by atoms with Gasteiger partial charge < -0.3 is 9.72 Å². The fraction of sp³-hybridized carbons (Fsp3) is 0.158. The van der Waals surface area contributed by atoms with Gasteiger partial charge >= 0.3 is 0 Å². The highest BCUT2D eigenvalue weighted by Crippen LogP contribution is 2.31. The minimum Gasteiger partial charge on any atom is -0.497 e. The Kier molecular flexibility index (Phi) is 5.85. The lowest BCUT2D eigenvalue weighted by molar-refractivity contribution is 0.0707. The number of nitrogens with zero attached hydrogens (tertiary/aromatic N) is 2. The van der Waals surface area contributed by atoms with Crippen LogP contribution in [0.25, 0.3) is 0 Å². The van der Waals surface area contributed by atoms with Crippen molar-refractivity contribution in [2.75, 3.05) is 18.5 Å². The number of amides is 1. The maximum Gasteiger partial charge on any atom is 0.276 e. The summed E-state index contributed by atoms with van der Waals surface area (Å²) in [5, 5.41) is 9.12. The van der Waals surface area contributed by atoms with Crippen LogP contribution in [0.15, 0.2) is 59.8 Å². The van der Waals surface area contributed by atoms with E-state index in [4.69, 9.17) is 9.94 Å². The summed E-state index contributed by atoms with van der Waals surface area (Å²) in [5.41, 5.74) is 2.27. The van der Waals surface area contributed by atoms with Crippen molar-refractivity contribution in [3.63, 3.8) is 0 Å². The summed E-state index contributed by atoms with van der Waals surface area (Å²) in [7, 11) is -1.15. The summed E-state index contributed by atoms with van der Waals surface area (Å²) < 4.78 is 32.5. The molecule has 9 nitrogen and oxygen atoms in total. The van der Waals surface area contributed by atoms with Crippen molar-refractivity contribution in [2.24, 2.45) is 0 Å². The summed E-state index contributed by atoms with van der Waals surface area (Å²) in [6, 6.07) is 10.7. The number of para-hydroxylation sites is 1. The molecule has 0 aliphatic carbocycles. The van der Waals surface area contributed by atoms with Gasteiger partial charge in [-0.05, 0) is 35.9 Å². The molecule has 0 saturated heterocycles. The zero-order valence-electron chi connectivity index (χ0n) is 15.8. The number of ether oxygens (including phenoxy) is 1. The second-order valence-corrected chi connectivity index (χ2v) is 8.08. The van der Waals surface area contributed by atoms with Gasteiger partial charge in [-0.25, -0.2) is 18.9 Å². The molecule has 0 spiro atoms. The quantitative estimate of drug-likeness (QED) is 0.399. The Hall–Kier alpha value is -3.37. The molecule has 3 aromatic rings. The Morgan fingerprint density at radius 2 is 1.97 bits per heavy atom. The number of rotatable bonds is 7. The van der Waals surface area contributed by atoms with Crippen molar-refractivity contribution >= 4 is 21.6 Å². The molecular weight excluding hydrogens is 396 g/mol. The first-order chi connectivity index (χ1) is 13.9. The van der Waals surface area contributed by atoms with Gasteiger partial charge in [0.05, 0.1) is 23.3 Å². The van der Waals surface area contributed by atoms with Gasteiger partial charge in [-0.3, -0.25) is 14.3 Å². The number of imidazole rings is 1. The van der Waals surface area contributed by atoms with Crippen LogP contribution in [0.5, 0.6) is 5.75 Å². The van der Waals surface area contributed by atoms with Crippen LogP contribution in [0.3, 0.4) is 0 Å². The first-order valence-electron chi connectivity index (χ1n) is 8.56. The van der Waals surface area contributed by atoms with Crippen molar-refractivity contribution in [1.82, 2.24) is 15.4 Å². The smallest absolute Gasteiger partial charge is 0.276 e. The number of hydroxylamine groups is 1. The van der Waals surface area contributed by atoms with E-state index in [2.05, 4.69) is 9.97 Å². The molecular formula is C19H20N4O5S. The standard InChI is InChI=1S/C19H20N4O5S/c1-23(29(26,27)15-8-6-14(28-2)7-9-15)18-13(12-17-20-10-11-21-17)4-3-5-16(18)19(24)22-25/h3-11,25H,12H2,1-2H3,(H,20,21)(H,22,24). The van der Waals surface area contributed by atoms with E-state index in [1.807, 2.05) is 0 Å². The topological polar surface area (TPSA) is 125 Å². The maximum absolute atomic E-state index is 13.2. The van der Waals surface area contributed by atoms with Crippen LogP contribution >= 0.6 is 0 Å². The van der Waals surface area contributed by atoms with Gasteiger partial charge in [-0.1, -0.05) is 12.1 Å². The molecule has 0 aliphatic heterocycles. The van der Waals surface area contributed by atoms with E-state index in [0.29, 0.717) is 17.1 Å². The van der Waals surface area contributed by atoms with E-state index in [9.17, 15) is 13.2 Å². The molecule has 0 aliphatic rings. The minimum absolute atomic E-state index is 0.0103. The van der Waals surface area contributed by atoms with Gasteiger partial charge in [0, 0.05) is 25.9 Å². The SMILES string of the molecule is COc1ccc(S(=O)(=O)N(C)c2c(Cc3ncc[nH]3)cccc2C(=O)NO)cc1. The molecule has 3 N–H and O–H groups in total. The predicted molar refractivity (Wildman–Crippen MR) is 106 cm³/mol. The molecule has 1 aromatic heterocycles. The third-order valence-corrected chi connectivity index (χ3v) is 6.18. The summed E-state index contributed by atoms with van der Waals surface area (Å²) in [5.74, 6) is 0.297. The van der Waals surface area contributed by atoms with Crippen molar-refractivity contribution in [3.05, 3.63) is 71.8 Å². The fourth-order valence-corrected chi connectivity index (χ4v) is 4.20. The van der Waals surface area contributed by atoms with Crippen LogP contribution in [0.4, 0.5) is 5.69 Å². The number of methoxy groups -OCH3 is 1. The van der Waals surface area contributed by atoms with Gasteiger partial charge in [0.1, 0.15) is 11.6 Å². The molecule has 0 saturated carbocycles. The van der Waals surface area contributed by atoms with Crippen molar-refractivity contribution in [1.29, 1.82) is 0 Å². The zero-order chi connectivity index (χ0) is 21.0. The molecule has 29 heavy (non-hydrogen) atoms. The van der Waals surface area contributed by atoms with Gasteiger partial charge in [0.25, 0.3) is 15.9 Å². The number of hydrogen-bond donors (Lipinski definition) is 3. The van der Waals surface area contributed by atoms with Gasteiger partial charge in [-0.2, -0.15) is 0 Å². The number of carbonyl (C=O) groups excluding carboxylic acids is 1. The zero-order valence-corrected chi connectivity index (χ0v) is 16.6. The fourth-order valence-electron chi connectivity index (χ4n) is 2.95. The number of sulfonamides is 1. The number of hydrogen-bond acceptors (Lipinski definition) is 6. The largest absolute Gasteiger partial charge is 0.497 e. The van der Waals surface area contributed by atoms with Crippen molar-refractivity contribution in [3.8, 4) is 5.75 Å². The third kappa shape index (κ3) is 4.08. The summed E-state index contributed by atoms with van der Waals surface area (Å²) >= 11 is 0. The number of aromatic nitrogens is 2. The lowest BCUT2D eigenvalue weighted by Gasteiger charge is -2.24. The predicted octanol–water partition coefficient (Wildman–Crippen LogP) is 1.95. The van der Waals surface area contributed by atoms with E-state index < -0.39 is 15.9 Å². The Morgan fingerprint density at radius 1 is 1.24 bits per heavy atom. The molecule has 0 radical (unpaired) electrons. The molecule has 152 valence electrons. The average Bonchev–Trinajstić information content (AvgIpc) is 3.25. The van der Waals surface area contributed by atoms with E-state index in [0.717, 1.165) is 4.31 Å². The average molecular weight is 416 g/mol. The lowest BCUT2D eigenvalue weighted by Crippen LogP contribution is -2.31. The molecule has 3 rings (SSSR count). The van der Waals surface area contributed by atoms with Gasteiger partial charge in [0.15, 0.2) is 0 Å². The van der Waals surface area contributed by atoms with Crippen LogP contribution < -0.4 is 14.5 Å². The Bertz CT molecular complexity index is 1100. The number of aromatic amines is 1. The van der Waals surface area contributed by atoms with Crippen LogP contribution in [0, 0.1) is 0 Å². The highest BCUT2D eigenvalue weighted by atomic mass is 32.2. The Labute approximate surface area is 168 Å². The monoisotopic (exact) mass is 416 g/mol. The Balaban J connectivity index is 2.11. The highest BCUT2D eigenvalue weighted by Gasteiger charge is 2.28. The minimum atomic E-state index is -4.00. The van der Waals surface area contributed by atoms with E-state index >= 15 is 0 Å². The van der Waals surface area contributed by atoms with Crippen molar-refractivity contribution in [2.45, 2.75) is 11.3 Å². The van der Waals surface area contributed by atoms with E-state index in [1.54, 1.807) is 30.0 Å². The van der Waals surface area contributed by atoms with Gasteiger partial charge in [-0.15, -0.1) is 0 Å². The molecule has 0 fully saturated rings. The molecule has 0 atom stereocenters. The summed E-state index contributed by atoms with van der Waals surface area (Å²) in [6.45, 7) is 0. The summed E-state index contributed by atoms with van der Waals surface area (Å²) in [4.78, 5) is 19.4. The van der Waals surface area contributed by atoms with Crippen LogP contribution in [0.1, 0.15) is 21.7 Å².